The summed E-state index contributed by atoms with van der Waals surface area (Å²) in [6.45, 7) is 0. The second kappa shape index (κ2) is 12.3. The molecule has 0 unspecified atom stereocenters. The SMILES string of the molecule is Oc1ccccc1-c1cccc(-c2nc(-c3cccc(-c4ccc5c(c4)c4c6sc(-c7ccccc7)nc6cc6c7ccccc7n5c64)c3)c3ccccc3n2)c1. The predicted octanol–water partition coefficient (Wildman–Crippen LogP) is 13.4. The molecule has 12 aromatic rings. The molecule has 0 saturated heterocycles. The van der Waals surface area contributed by atoms with Gasteiger partial charge in [-0.2, -0.15) is 0 Å². The van der Waals surface area contributed by atoms with Crippen LogP contribution >= 0.6 is 11.3 Å². The van der Waals surface area contributed by atoms with E-state index in [9.17, 15) is 5.11 Å². The number of hydrogen-bond donors (Lipinski definition) is 1. The largest absolute Gasteiger partial charge is 0.507 e. The van der Waals surface area contributed by atoms with Crippen molar-refractivity contribution in [3.8, 4) is 61.2 Å². The van der Waals surface area contributed by atoms with Gasteiger partial charge in [-0.3, -0.25) is 0 Å². The topological polar surface area (TPSA) is 63.3 Å². The van der Waals surface area contributed by atoms with E-state index in [1.54, 1.807) is 17.4 Å². The molecule has 6 heteroatoms. The lowest BCUT2D eigenvalue weighted by Crippen LogP contribution is -1.95. The Kier molecular flexibility index (Phi) is 6.88. The van der Waals surface area contributed by atoms with E-state index >= 15 is 0 Å². The number of fused-ring (bicyclic) bond motifs is 9. The Balaban J connectivity index is 1.04. The second-order valence-corrected chi connectivity index (χ2v) is 15.6. The Morgan fingerprint density at radius 2 is 1.12 bits per heavy atom. The summed E-state index contributed by atoms with van der Waals surface area (Å²) in [5.41, 5.74) is 13.4. The molecule has 0 aliphatic rings. The van der Waals surface area contributed by atoms with E-state index < -0.39 is 0 Å². The van der Waals surface area contributed by atoms with Crippen LogP contribution in [0.2, 0.25) is 0 Å². The van der Waals surface area contributed by atoms with Gasteiger partial charge < -0.3 is 9.51 Å². The normalized spacial score (nSPS) is 11.9. The van der Waals surface area contributed by atoms with E-state index in [0.29, 0.717) is 5.82 Å². The molecule has 0 aliphatic heterocycles. The van der Waals surface area contributed by atoms with Crippen molar-refractivity contribution in [2.24, 2.45) is 0 Å². The van der Waals surface area contributed by atoms with Gasteiger partial charge in [0.1, 0.15) is 10.8 Å². The summed E-state index contributed by atoms with van der Waals surface area (Å²) < 4.78 is 3.65. The van der Waals surface area contributed by atoms with E-state index in [4.69, 9.17) is 15.0 Å². The lowest BCUT2D eigenvalue weighted by molar-refractivity contribution is 0.477. The highest BCUT2D eigenvalue weighted by Crippen LogP contribution is 2.46. The van der Waals surface area contributed by atoms with Crippen LogP contribution in [-0.2, 0) is 0 Å². The van der Waals surface area contributed by atoms with Crippen molar-refractivity contribution in [2.45, 2.75) is 0 Å². The van der Waals surface area contributed by atoms with E-state index in [1.165, 1.54) is 42.8 Å². The third-order valence-corrected chi connectivity index (χ3v) is 12.4. The fraction of sp³-hybridized carbons (Fsp3) is 0. The third kappa shape index (κ3) is 4.91. The quantitative estimate of drug-likeness (QED) is 0.190. The molecule has 8 aromatic carbocycles. The molecule has 0 bridgehead atoms. The second-order valence-electron chi connectivity index (χ2n) is 14.6. The Labute approximate surface area is 330 Å². The molecule has 0 amide bonds. The molecule has 1 N–H and O–H groups in total. The van der Waals surface area contributed by atoms with E-state index in [0.717, 1.165) is 66.1 Å². The Hall–Kier alpha value is -7.41. The zero-order valence-electron chi connectivity index (χ0n) is 30.4. The minimum Gasteiger partial charge on any atom is -0.507 e. The maximum atomic E-state index is 10.6. The summed E-state index contributed by atoms with van der Waals surface area (Å²) in [5, 5.41) is 17.6. The molecule has 57 heavy (non-hydrogen) atoms. The first-order valence-electron chi connectivity index (χ1n) is 19.0. The van der Waals surface area contributed by atoms with Crippen molar-refractivity contribution >= 4 is 70.6 Å². The van der Waals surface area contributed by atoms with Gasteiger partial charge in [0.05, 0.1) is 38.0 Å². The average molecular weight is 747 g/mol. The molecule has 12 rings (SSSR count). The monoisotopic (exact) mass is 746 g/mol. The summed E-state index contributed by atoms with van der Waals surface area (Å²) in [7, 11) is 0. The summed E-state index contributed by atoms with van der Waals surface area (Å²) in [4.78, 5) is 15.5. The molecule has 0 radical (unpaired) electrons. The van der Waals surface area contributed by atoms with Crippen LogP contribution in [0.1, 0.15) is 0 Å². The van der Waals surface area contributed by atoms with Gasteiger partial charge in [0.15, 0.2) is 5.82 Å². The summed E-state index contributed by atoms with van der Waals surface area (Å²) in [6.07, 6.45) is 0. The number of phenolic OH excluding ortho intramolecular Hbond substituents is 1. The van der Waals surface area contributed by atoms with Crippen LogP contribution in [-0.4, -0.2) is 24.5 Å². The van der Waals surface area contributed by atoms with Crippen LogP contribution in [0.5, 0.6) is 5.75 Å². The van der Waals surface area contributed by atoms with Crippen molar-refractivity contribution in [2.75, 3.05) is 0 Å². The van der Waals surface area contributed by atoms with E-state index in [2.05, 4.69) is 114 Å². The van der Waals surface area contributed by atoms with Gasteiger partial charge in [-0.25, -0.2) is 15.0 Å². The van der Waals surface area contributed by atoms with Gasteiger partial charge in [-0.1, -0.05) is 127 Å². The number of aromatic hydroxyl groups is 1. The van der Waals surface area contributed by atoms with Crippen LogP contribution in [0.4, 0.5) is 0 Å². The first kappa shape index (κ1) is 31.9. The lowest BCUT2D eigenvalue weighted by atomic mass is 9.98. The minimum absolute atomic E-state index is 0.241. The number of para-hydroxylation sites is 3. The first-order chi connectivity index (χ1) is 28.2. The van der Waals surface area contributed by atoms with Crippen LogP contribution in [0.3, 0.4) is 0 Å². The molecular formula is C51H30N4OS. The lowest BCUT2D eigenvalue weighted by Gasteiger charge is -2.12. The molecule has 0 fully saturated rings. The highest BCUT2D eigenvalue weighted by Gasteiger charge is 2.23. The number of rotatable bonds is 5. The maximum Gasteiger partial charge on any atom is 0.160 e. The smallest absolute Gasteiger partial charge is 0.160 e. The molecular weight excluding hydrogens is 717 g/mol. The zero-order valence-corrected chi connectivity index (χ0v) is 31.2. The van der Waals surface area contributed by atoms with E-state index in [1.807, 2.05) is 60.7 Å². The first-order valence-corrected chi connectivity index (χ1v) is 19.8. The highest BCUT2D eigenvalue weighted by atomic mass is 32.1. The van der Waals surface area contributed by atoms with Crippen LogP contribution in [0, 0.1) is 0 Å². The molecule has 4 heterocycles. The van der Waals surface area contributed by atoms with Crippen LogP contribution < -0.4 is 0 Å². The van der Waals surface area contributed by atoms with Crippen molar-refractivity contribution in [1.82, 2.24) is 19.4 Å². The number of nitrogens with zero attached hydrogens (tertiary/aromatic N) is 4. The fourth-order valence-corrected chi connectivity index (χ4v) is 9.75. The number of phenols is 1. The third-order valence-electron chi connectivity index (χ3n) is 11.2. The summed E-state index contributed by atoms with van der Waals surface area (Å²) in [6, 6.07) is 60.8. The highest BCUT2D eigenvalue weighted by molar-refractivity contribution is 7.22. The van der Waals surface area contributed by atoms with Gasteiger partial charge in [0, 0.05) is 49.2 Å². The Morgan fingerprint density at radius 3 is 2.02 bits per heavy atom. The Morgan fingerprint density at radius 1 is 0.439 bits per heavy atom. The number of benzene rings is 8. The molecule has 266 valence electrons. The van der Waals surface area contributed by atoms with Crippen molar-refractivity contribution in [3.63, 3.8) is 0 Å². The molecule has 5 nitrogen and oxygen atoms in total. The number of aromatic nitrogens is 4. The number of thiazole rings is 1. The Bertz CT molecular complexity index is 3550. The zero-order chi connectivity index (χ0) is 37.6. The molecule has 0 saturated carbocycles. The van der Waals surface area contributed by atoms with Crippen molar-refractivity contribution in [3.05, 3.63) is 176 Å². The van der Waals surface area contributed by atoms with Crippen molar-refractivity contribution in [1.29, 1.82) is 0 Å². The summed E-state index contributed by atoms with van der Waals surface area (Å²) >= 11 is 1.77. The standard InChI is InChI=1S/C51H30N4OS/c56-45-23-9-6-18-36(45)33-15-11-17-35(27-33)50-52-41-21-7-4-20-38(41)47(54-50)34-16-10-14-31(26-34)32-24-25-44-40(28-32)46-48-39(37-19-5-8-22-43(37)55(44)48)29-42-49(46)57-51(53-42)30-12-2-1-3-13-30/h1-29,56H. The fourth-order valence-electron chi connectivity index (χ4n) is 8.64. The van der Waals surface area contributed by atoms with Crippen molar-refractivity contribution < 1.29 is 5.11 Å². The van der Waals surface area contributed by atoms with Crippen LogP contribution in [0.25, 0.3) is 115 Å². The van der Waals surface area contributed by atoms with Gasteiger partial charge in [-0.05, 0) is 65.2 Å². The van der Waals surface area contributed by atoms with E-state index in [-0.39, 0.29) is 5.75 Å². The van der Waals surface area contributed by atoms with Gasteiger partial charge >= 0.3 is 0 Å². The minimum atomic E-state index is 0.241. The van der Waals surface area contributed by atoms with Gasteiger partial charge in [-0.15, -0.1) is 11.3 Å². The number of hydrogen-bond acceptors (Lipinski definition) is 5. The van der Waals surface area contributed by atoms with Gasteiger partial charge in [0.2, 0.25) is 0 Å². The molecule has 0 spiro atoms. The molecule has 4 aromatic heterocycles. The summed E-state index contributed by atoms with van der Waals surface area (Å²) in [5.74, 6) is 0.875. The maximum absolute atomic E-state index is 10.6. The molecule has 0 aliphatic carbocycles. The predicted molar refractivity (Wildman–Crippen MR) is 236 cm³/mol. The average Bonchev–Trinajstić information content (AvgIpc) is 3.95. The van der Waals surface area contributed by atoms with Crippen LogP contribution in [0.15, 0.2) is 176 Å². The molecule has 0 atom stereocenters. The van der Waals surface area contributed by atoms with Gasteiger partial charge in [0.25, 0.3) is 0 Å².